The lowest BCUT2D eigenvalue weighted by atomic mass is 10.0. The molecule has 5 nitrogen and oxygen atoms in total. The maximum Gasteiger partial charge on any atom is 0.409 e. The molecule has 152 valence electrons. The molecule has 28 heavy (non-hydrogen) atoms. The largest absolute Gasteiger partial charge is 0.488 e. The van der Waals surface area contributed by atoms with Crippen molar-refractivity contribution in [3.63, 3.8) is 0 Å². The molecule has 0 atom stereocenters. The molecule has 2 aromatic rings. The lowest BCUT2D eigenvalue weighted by molar-refractivity contribution is 0.0622. The van der Waals surface area contributed by atoms with Gasteiger partial charge in [-0.25, -0.2) is 4.79 Å². The number of rotatable bonds is 7. The second-order valence-electron chi connectivity index (χ2n) is 8.05. The van der Waals surface area contributed by atoms with E-state index in [0.29, 0.717) is 25.6 Å². The molecular formula is C23H32N2O3. The van der Waals surface area contributed by atoms with E-state index in [0.717, 1.165) is 35.9 Å². The highest BCUT2D eigenvalue weighted by molar-refractivity contribution is 5.85. The van der Waals surface area contributed by atoms with Crippen molar-refractivity contribution in [3.8, 4) is 5.75 Å². The van der Waals surface area contributed by atoms with Crippen LogP contribution in [0, 0.1) is 5.92 Å². The minimum Gasteiger partial charge on any atom is -0.488 e. The van der Waals surface area contributed by atoms with Gasteiger partial charge in [0, 0.05) is 37.5 Å². The summed E-state index contributed by atoms with van der Waals surface area (Å²) >= 11 is 0. The summed E-state index contributed by atoms with van der Waals surface area (Å²) in [5.74, 6) is 1.22. The van der Waals surface area contributed by atoms with Crippen LogP contribution in [0.15, 0.2) is 30.5 Å². The minimum atomic E-state index is -0.208. The molecule has 0 spiro atoms. The maximum absolute atomic E-state index is 12.1. The second kappa shape index (κ2) is 9.76. The van der Waals surface area contributed by atoms with E-state index >= 15 is 0 Å². The number of hydrogen-bond donors (Lipinski definition) is 0. The lowest BCUT2D eigenvalue weighted by Crippen LogP contribution is -2.42. The van der Waals surface area contributed by atoms with Gasteiger partial charge in [-0.2, -0.15) is 0 Å². The first-order chi connectivity index (χ1) is 13.6. The second-order valence-corrected chi connectivity index (χ2v) is 8.05. The highest BCUT2D eigenvalue weighted by Crippen LogP contribution is 2.29. The number of amides is 1. The van der Waals surface area contributed by atoms with Crippen LogP contribution >= 0.6 is 0 Å². The van der Waals surface area contributed by atoms with E-state index < -0.39 is 0 Å². The first-order valence-electron chi connectivity index (χ1n) is 10.5. The van der Waals surface area contributed by atoms with E-state index in [4.69, 9.17) is 9.47 Å². The predicted molar refractivity (Wildman–Crippen MR) is 112 cm³/mol. The first kappa shape index (κ1) is 20.4. The zero-order valence-corrected chi connectivity index (χ0v) is 17.3. The number of ether oxygens (including phenoxy) is 2. The number of aromatic nitrogens is 1. The number of hydrogen-bond acceptors (Lipinski definition) is 4. The zero-order valence-electron chi connectivity index (χ0n) is 17.3. The Labute approximate surface area is 168 Å². The third kappa shape index (κ3) is 5.37. The van der Waals surface area contributed by atoms with Gasteiger partial charge in [0.1, 0.15) is 17.4 Å². The van der Waals surface area contributed by atoms with Crippen molar-refractivity contribution in [1.29, 1.82) is 0 Å². The van der Waals surface area contributed by atoms with Gasteiger partial charge in [-0.05, 0) is 42.5 Å². The van der Waals surface area contributed by atoms with E-state index in [2.05, 4.69) is 30.1 Å². The molecule has 1 aromatic heterocycles. The van der Waals surface area contributed by atoms with Crippen LogP contribution in [-0.2, 0) is 11.2 Å². The molecule has 0 saturated carbocycles. The number of carbonyl (C=O) groups excluding carboxylic acids is 1. The summed E-state index contributed by atoms with van der Waals surface area (Å²) in [6.07, 6.45) is 6.72. The van der Waals surface area contributed by atoms with E-state index in [9.17, 15) is 4.79 Å². The van der Waals surface area contributed by atoms with Crippen molar-refractivity contribution in [2.24, 2.45) is 5.92 Å². The van der Waals surface area contributed by atoms with Crippen LogP contribution in [0.1, 0.15) is 52.0 Å². The summed E-state index contributed by atoms with van der Waals surface area (Å²) in [6.45, 7) is 8.10. The monoisotopic (exact) mass is 384 g/mol. The zero-order chi connectivity index (χ0) is 19.9. The van der Waals surface area contributed by atoms with Gasteiger partial charge in [-0.1, -0.05) is 33.3 Å². The van der Waals surface area contributed by atoms with Crippen molar-refractivity contribution in [2.75, 3.05) is 19.7 Å². The fourth-order valence-corrected chi connectivity index (χ4v) is 3.50. The smallest absolute Gasteiger partial charge is 0.409 e. The van der Waals surface area contributed by atoms with Crippen LogP contribution in [0.2, 0.25) is 0 Å². The number of pyridine rings is 1. The summed E-state index contributed by atoms with van der Waals surface area (Å²) in [5, 5.41) is 1.13. The lowest BCUT2D eigenvalue weighted by Gasteiger charge is -2.32. The number of carbonyl (C=O) groups is 1. The van der Waals surface area contributed by atoms with Crippen LogP contribution < -0.4 is 4.74 Å². The molecule has 0 radical (unpaired) electrons. The molecule has 2 heterocycles. The Morgan fingerprint density at radius 2 is 2.07 bits per heavy atom. The van der Waals surface area contributed by atoms with Gasteiger partial charge >= 0.3 is 6.09 Å². The molecule has 0 N–H and O–H groups in total. The molecule has 1 aromatic carbocycles. The number of aryl methyl sites for hydroxylation is 1. The van der Waals surface area contributed by atoms with E-state index in [1.54, 1.807) is 4.90 Å². The topological polar surface area (TPSA) is 51.7 Å². The molecule has 0 bridgehead atoms. The Morgan fingerprint density at radius 1 is 1.29 bits per heavy atom. The normalized spacial score (nSPS) is 15.2. The molecule has 5 heteroatoms. The number of likely N-dealkylation sites (tertiary alicyclic amines) is 1. The van der Waals surface area contributed by atoms with Crippen molar-refractivity contribution >= 4 is 17.0 Å². The van der Waals surface area contributed by atoms with E-state index in [1.807, 2.05) is 26.1 Å². The molecule has 3 rings (SSSR count). The Balaban J connectivity index is 1.64. The quantitative estimate of drug-likeness (QED) is 0.657. The fourth-order valence-electron chi connectivity index (χ4n) is 3.50. The third-order valence-electron chi connectivity index (χ3n) is 5.08. The van der Waals surface area contributed by atoms with Crippen LogP contribution in [-0.4, -0.2) is 41.8 Å². The predicted octanol–water partition coefficient (Wildman–Crippen LogP) is 5.21. The molecule has 1 aliphatic heterocycles. The Kier molecular flexibility index (Phi) is 7.12. The van der Waals surface area contributed by atoms with Crippen LogP contribution in [0.5, 0.6) is 5.75 Å². The Morgan fingerprint density at radius 3 is 2.79 bits per heavy atom. The SMILES string of the molecule is CCCCc1cc(OC2CCN(C(=O)OCC(C)C)CC2)c2ncccc2c1. The summed E-state index contributed by atoms with van der Waals surface area (Å²) < 4.78 is 11.7. The molecule has 1 fully saturated rings. The molecule has 1 amide bonds. The van der Waals surface area contributed by atoms with Crippen molar-refractivity contribution in [3.05, 3.63) is 36.0 Å². The average Bonchev–Trinajstić information content (AvgIpc) is 2.71. The molecule has 0 aliphatic carbocycles. The number of piperidine rings is 1. The van der Waals surface area contributed by atoms with Gasteiger partial charge in [0.25, 0.3) is 0 Å². The maximum atomic E-state index is 12.1. The summed E-state index contributed by atoms with van der Waals surface area (Å²) in [6, 6.07) is 8.43. The van der Waals surface area contributed by atoms with Crippen molar-refractivity contribution in [2.45, 2.75) is 59.0 Å². The highest BCUT2D eigenvalue weighted by Gasteiger charge is 2.25. The van der Waals surface area contributed by atoms with Gasteiger partial charge in [0.2, 0.25) is 0 Å². The van der Waals surface area contributed by atoms with E-state index in [-0.39, 0.29) is 12.2 Å². The molecule has 1 saturated heterocycles. The van der Waals surface area contributed by atoms with Crippen LogP contribution in [0.25, 0.3) is 10.9 Å². The number of unbranched alkanes of at least 4 members (excludes halogenated alkanes) is 1. The van der Waals surface area contributed by atoms with E-state index in [1.165, 1.54) is 18.4 Å². The minimum absolute atomic E-state index is 0.0979. The molecule has 0 unspecified atom stereocenters. The standard InChI is InChI=1S/C23H32N2O3/c1-4-5-7-18-14-19-8-6-11-24-22(19)21(15-18)28-20-9-12-25(13-10-20)23(26)27-16-17(2)3/h6,8,11,14-15,17,20H,4-5,7,9-10,12-13,16H2,1-3H3. The van der Waals surface area contributed by atoms with Crippen LogP contribution in [0.4, 0.5) is 4.79 Å². The van der Waals surface area contributed by atoms with Crippen molar-refractivity contribution < 1.29 is 14.3 Å². The van der Waals surface area contributed by atoms with Crippen LogP contribution in [0.3, 0.4) is 0 Å². The highest BCUT2D eigenvalue weighted by atomic mass is 16.6. The number of fused-ring (bicyclic) bond motifs is 1. The number of benzene rings is 1. The van der Waals surface area contributed by atoms with Gasteiger partial charge in [-0.3, -0.25) is 4.98 Å². The molecule has 1 aliphatic rings. The number of nitrogens with zero attached hydrogens (tertiary/aromatic N) is 2. The van der Waals surface area contributed by atoms with Crippen molar-refractivity contribution in [1.82, 2.24) is 9.88 Å². The Bertz CT molecular complexity index is 783. The van der Waals surface area contributed by atoms with Gasteiger partial charge in [-0.15, -0.1) is 0 Å². The van der Waals surface area contributed by atoms with Gasteiger partial charge < -0.3 is 14.4 Å². The summed E-state index contributed by atoms with van der Waals surface area (Å²) in [5.41, 5.74) is 2.22. The van der Waals surface area contributed by atoms with Gasteiger partial charge in [0.15, 0.2) is 0 Å². The van der Waals surface area contributed by atoms with Gasteiger partial charge in [0.05, 0.1) is 6.61 Å². The Hall–Kier alpha value is -2.30. The average molecular weight is 385 g/mol. The third-order valence-corrected chi connectivity index (χ3v) is 5.08. The molecular weight excluding hydrogens is 352 g/mol. The fraction of sp³-hybridized carbons (Fsp3) is 0.565. The summed E-state index contributed by atoms with van der Waals surface area (Å²) in [7, 11) is 0. The summed E-state index contributed by atoms with van der Waals surface area (Å²) in [4.78, 5) is 18.5. The first-order valence-corrected chi connectivity index (χ1v) is 10.5.